The zero-order valence-corrected chi connectivity index (χ0v) is 10.6. The van der Waals surface area contributed by atoms with Crippen LogP contribution in [0.15, 0.2) is 48.5 Å². The number of aromatic hydroxyl groups is 1. The maximum Gasteiger partial charge on any atom is 0.255 e. The van der Waals surface area contributed by atoms with E-state index < -0.39 is 0 Å². The van der Waals surface area contributed by atoms with Crippen molar-refractivity contribution < 1.29 is 9.90 Å². The van der Waals surface area contributed by atoms with E-state index in [1.165, 1.54) is 12.1 Å². The van der Waals surface area contributed by atoms with Crippen LogP contribution in [0.25, 0.3) is 0 Å². The maximum absolute atomic E-state index is 12.0. The predicted octanol–water partition coefficient (Wildman–Crippen LogP) is 2.47. The average molecular weight is 256 g/mol. The summed E-state index contributed by atoms with van der Waals surface area (Å²) in [6.45, 7) is 1.89. The molecule has 19 heavy (non-hydrogen) atoms. The number of hydrogen-bond donors (Lipinski definition) is 3. The number of nitrogen functional groups attached to an aromatic ring is 1. The first kappa shape index (κ1) is 13.0. The average Bonchev–Trinajstić information content (AvgIpc) is 2.39. The van der Waals surface area contributed by atoms with E-state index in [0.717, 1.165) is 5.56 Å². The highest BCUT2D eigenvalue weighted by Gasteiger charge is 2.14. The third-order valence-corrected chi connectivity index (χ3v) is 2.91. The Morgan fingerprint density at radius 3 is 2.53 bits per heavy atom. The molecule has 1 unspecified atom stereocenters. The number of nitrogens with two attached hydrogens (primary N) is 1. The van der Waals surface area contributed by atoms with E-state index in [1.54, 1.807) is 6.07 Å². The van der Waals surface area contributed by atoms with Gasteiger partial charge < -0.3 is 16.2 Å². The fraction of sp³-hybridized carbons (Fsp3) is 0.133. The molecule has 1 atom stereocenters. The molecule has 0 aliphatic rings. The molecule has 0 aromatic heterocycles. The molecular weight excluding hydrogens is 240 g/mol. The Morgan fingerprint density at radius 2 is 1.89 bits per heavy atom. The molecule has 0 aliphatic heterocycles. The van der Waals surface area contributed by atoms with E-state index in [2.05, 4.69) is 5.32 Å². The maximum atomic E-state index is 12.0. The molecule has 2 aromatic rings. The number of nitrogens with one attached hydrogen (secondary N) is 1. The molecule has 0 saturated carbocycles. The van der Waals surface area contributed by atoms with Crippen molar-refractivity contribution in [2.75, 3.05) is 5.73 Å². The second-order valence-electron chi connectivity index (χ2n) is 4.38. The van der Waals surface area contributed by atoms with Crippen molar-refractivity contribution in [1.82, 2.24) is 5.32 Å². The number of carbonyl (C=O) groups is 1. The summed E-state index contributed by atoms with van der Waals surface area (Å²) in [7, 11) is 0. The minimum Gasteiger partial charge on any atom is -0.507 e. The SMILES string of the molecule is CC(NC(=O)c1ccc(N)cc1O)c1ccccc1. The molecule has 4 N–H and O–H groups in total. The number of anilines is 1. The van der Waals surface area contributed by atoms with Crippen molar-refractivity contribution in [3.63, 3.8) is 0 Å². The van der Waals surface area contributed by atoms with Gasteiger partial charge in [0.05, 0.1) is 11.6 Å². The van der Waals surface area contributed by atoms with E-state index >= 15 is 0 Å². The smallest absolute Gasteiger partial charge is 0.255 e. The first-order chi connectivity index (χ1) is 9.08. The van der Waals surface area contributed by atoms with Crippen molar-refractivity contribution in [2.45, 2.75) is 13.0 Å². The Bertz CT molecular complexity index is 582. The lowest BCUT2D eigenvalue weighted by molar-refractivity contribution is 0.0937. The summed E-state index contributed by atoms with van der Waals surface area (Å²) in [6.07, 6.45) is 0. The molecular formula is C15H16N2O2. The second kappa shape index (κ2) is 5.44. The lowest BCUT2D eigenvalue weighted by Crippen LogP contribution is -2.26. The van der Waals surface area contributed by atoms with E-state index in [9.17, 15) is 9.90 Å². The Morgan fingerprint density at radius 1 is 1.21 bits per heavy atom. The van der Waals surface area contributed by atoms with Crippen LogP contribution >= 0.6 is 0 Å². The van der Waals surface area contributed by atoms with Gasteiger partial charge in [-0.05, 0) is 24.6 Å². The Kier molecular flexibility index (Phi) is 3.71. The van der Waals surface area contributed by atoms with Crippen LogP contribution in [-0.2, 0) is 0 Å². The fourth-order valence-corrected chi connectivity index (χ4v) is 1.84. The van der Waals surface area contributed by atoms with Crippen LogP contribution < -0.4 is 11.1 Å². The first-order valence-electron chi connectivity index (χ1n) is 6.02. The van der Waals surface area contributed by atoms with E-state index in [0.29, 0.717) is 5.69 Å². The highest BCUT2D eigenvalue weighted by molar-refractivity contribution is 5.97. The van der Waals surface area contributed by atoms with Crippen molar-refractivity contribution in [1.29, 1.82) is 0 Å². The summed E-state index contributed by atoms with van der Waals surface area (Å²) in [5, 5.41) is 12.5. The molecule has 98 valence electrons. The molecule has 0 bridgehead atoms. The van der Waals surface area contributed by atoms with Crippen molar-refractivity contribution in [2.24, 2.45) is 0 Å². The van der Waals surface area contributed by atoms with Crippen molar-refractivity contribution in [3.05, 3.63) is 59.7 Å². The van der Waals surface area contributed by atoms with Gasteiger partial charge >= 0.3 is 0 Å². The minimum absolute atomic E-state index is 0.113. The third-order valence-electron chi connectivity index (χ3n) is 2.91. The summed E-state index contributed by atoms with van der Waals surface area (Å²) in [5.41, 5.74) is 7.17. The van der Waals surface area contributed by atoms with Gasteiger partial charge in [-0.15, -0.1) is 0 Å². The monoisotopic (exact) mass is 256 g/mol. The van der Waals surface area contributed by atoms with Crippen molar-refractivity contribution >= 4 is 11.6 Å². The molecule has 2 aromatic carbocycles. The summed E-state index contributed by atoms with van der Waals surface area (Å²) >= 11 is 0. The predicted molar refractivity (Wildman–Crippen MR) is 74.8 cm³/mol. The molecule has 0 fully saturated rings. The van der Waals surface area contributed by atoms with Crippen LogP contribution in [0.3, 0.4) is 0 Å². The quantitative estimate of drug-likeness (QED) is 0.738. The van der Waals surface area contributed by atoms with E-state index in [4.69, 9.17) is 5.73 Å². The van der Waals surface area contributed by atoms with Crippen LogP contribution in [0.5, 0.6) is 5.75 Å². The number of carbonyl (C=O) groups excluding carboxylic acids is 1. The van der Waals surface area contributed by atoms with E-state index in [1.807, 2.05) is 37.3 Å². The number of amides is 1. The lowest BCUT2D eigenvalue weighted by Gasteiger charge is -2.15. The summed E-state index contributed by atoms with van der Waals surface area (Å²) in [5.74, 6) is -0.438. The minimum atomic E-state index is -0.325. The topological polar surface area (TPSA) is 75.4 Å². The molecule has 0 heterocycles. The van der Waals surface area contributed by atoms with Gasteiger partial charge in [0.25, 0.3) is 5.91 Å². The summed E-state index contributed by atoms with van der Waals surface area (Å²) in [4.78, 5) is 12.0. The number of phenols is 1. The molecule has 0 spiro atoms. The zero-order chi connectivity index (χ0) is 13.8. The number of benzene rings is 2. The molecule has 2 rings (SSSR count). The number of hydrogen-bond acceptors (Lipinski definition) is 3. The van der Waals surface area contributed by atoms with Gasteiger partial charge in [0.2, 0.25) is 0 Å². The summed E-state index contributed by atoms with van der Waals surface area (Å²) < 4.78 is 0. The van der Waals surface area contributed by atoms with Crippen LogP contribution in [0.4, 0.5) is 5.69 Å². The zero-order valence-electron chi connectivity index (χ0n) is 10.6. The van der Waals surface area contributed by atoms with Gasteiger partial charge in [0.1, 0.15) is 5.75 Å². The molecule has 1 amide bonds. The molecule has 4 nitrogen and oxygen atoms in total. The number of rotatable bonds is 3. The fourth-order valence-electron chi connectivity index (χ4n) is 1.84. The Hall–Kier alpha value is -2.49. The third kappa shape index (κ3) is 3.04. The van der Waals surface area contributed by atoms with Crippen molar-refractivity contribution in [3.8, 4) is 5.75 Å². The standard InChI is InChI=1S/C15H16N2O2/c1-10(11-5-3-2-4-6-11)17-15(19)13-8-7-12(16)9-14(13)18/h2-10,18H,16H2,1H3,(H,17,19). The van der Waals surface area contributed by atoms with E-state index in [-0.39, 0.29) is 23.3 Å². The molecule has 0 aliphatic carbocycles. The van der Waals surface area contributed by atoms with Gasteiger partial charge in [-0.25, -0.2) is 0 Å². The Labute approximate surface area is 111 Å². The molecule has 4 heteroatoms. The largest absolute Gasteiger partial charge is 0.507 e. The van der Waals surface area contributed by atoms with Gasteiger partial charge in [0, 0.05) is 11.8 Å². The second-order valence-corrected chi connectivity index (χ2v) is 4.38. The van der Waals surface area contributed by atoms with Crippen LogP contribution in [0.1, 0.15) is 28.9 Å². The highest BCUT2D eigenvalue weighted by Crippen LogP contribution is 2.21. The summed E-state index contributed by atoms with van der Waals surface area (Å²) in [6, 6.07) is 14.0. The van der Waals surface area contributed by atoms with Gasteiger partial charge in [-0.2, -0.15) is 0 Å². The number of phenolic OH excluding ortho intramolecular Hbond substituents is 1. The van der Waals surface area contributed by atoms with Gasteiger partial charge in [-0.3, -0.25) is 4.79 Å². The first-order valence-corrected chi connectivity index (χ1v) is 6.02. The molecule has 0 radical (unpaired) electrons. The highest BCUT2D eigenvalue weighted by atomic mass is 16.3. The Balaban J connectivity index is 2.13. The van der Waals surface area contributed by atoms with Crippen LogP contribution in [0, 0.1) is 0 Å². The van der Waals surface area contributed by atoms with Gasteiger partial charge in [-0.1, -0.05) is 30.3 Å². The van der Waals surface area contributed by atoms with Crippen LogP contribution in [-0.4, -0.2) is 11.0 Å². The van der Waals surface area contributed by atoms with Gasteiger partial charge in [0.15, 0.2) is 0 Å². The lowest BCUT2D eigenvalue weighted by atomic mass is 10.1. The normalized spacial score (nSPS) is 11.8. The van der Waals surface area contributed by atoms with Crippen LogP contribution in [0.2, 0.25) is 0 Å². The molecule has 0 saturated heterocycles.